The Bertz CT molecular complexity index is 3500. The number of para-hydroxylation sites is 6. The Hall–Kier alpha value is -6.92. The van der Waals surface area contributed by atoms with Gasteiger partial charge in [0.1, 0.15) is 11.2 Å². The van der Waals surface area contributed by atoms with Crippen molar-refractivity contribution in [3.05, 3.63) is 182 Å². The summed E-state index contributed by atoms with van der Waals surface area (Å²) < 4.78 is 17.2. The van der Waals surface area contributed by atoms with E-state index in [-0.39, 0.29) is 0 Å². The van der Waals surface area contributed by atoms with Crippen LogP contribution >= 0.6 is 22.7 Å². The van der Waals surface area contributed by atoms with E-state index in [9.17, 15) is 0 Å². The number of aromatic nitrogens is 2. The average molecular weight is 763 g/mol. The summed E-state index contributed by atoms with van der Waals surface area (Å²) in [6.07, 6.45) is 0. The van der Waals surface area contributed by atoms with Crippen molar-refractivity contribution in [3.63, 3.8) is 0 Å². The molecular formula is C52H30N2OS2. The molecule has 0 saturated heterocycles. The first kappa shape index (κ1) is 31.3. The molecule has 0 aliphatic rings. The van der Waals surface area contributed by atoms with E-state index in [1.807, 2.05) is 22.7 Å². The molecule has 0 aliphatic carbocycles. The Balaban J connectivity index is 1.05. The van der Waals surface area contributed by atoms with Gasteiger partial charge < -0.3 is 13.6 Å². The van der Waals surface area contributed by atoms with Crippen molar-refractivity contribution >= 4 is 107 Å². The van der Waals surface area contributed by atoms with Gasteiger partial charge >= 0.3 is 0 Å². The average Bonchev–Trinajstić information content (AvgIpc) is 4.08. The smallest absolute Gasteiger partial charge is 0.143 e. The molecule has 0 unspecified atom stereocenters. The van der Waals surface area contributed by atoms with Gasteiger partial charge in [-0.25, -0.2) is 0 Å². The number of rotatable bonds is 4. The van der Waals surface area contributed by atoms with Crippen LogP contribution in [0.2, 0.25) is 0 Å². The van der Waals surface area contributed by atoms with Crippen LogP contribution in [0.15, 0.2) is 186 Å². The van der Waals surface area contributed by atoms with Crippen LogP contribution in [-0.2, 0) is 0 Å². The van der Waals surface area contributed by atoms with Gasteiger partial charge in [0.2, 0.25) is 0 Å². The second-order valence-corrected chi connectivity index (χ2v) is 16.8. The molecule has 5 heteroatoms. The third kappa shape index (κ3) is 4.30. The molecule has 0 saturated carbocycles. The lowest BCUT2D eigenvalue weighted by molar-refractivity contribution is 0.671. The van der Waals surface area contributed by atoms with Crippen LogP contribution in [0.4, 0.5) is 0 Å². The summed E-state index contributed by atoms with van der Waals surface area (Å²) in [5, 5.41) is 7.33. The van der Waals surface area contributed by atoms with Gasteiger partial charge in [0.25, 0.3) is 0 Å². The third-order valence-corrected chi connectivity index (χ3v) is 14.3. The minimum atomic E-state index is 0.923. The van der Waals surface area contributed by atoms with Gasteiger partial charge in [-0.3, -0.25) is 0 Å². The molecule has 266 valence electrons. The fourth-order valence-corrected chi connectivity index (χ4v) is 12.0. The summed E-state index contributed by atoms with van der Waals surface area (Å²) in [5.41, 5.74) is 13.8. The van der Waals surface area contributed by atoms with Crippen LogP contribution < -0.4 is 0 Å². The topological polar surface area (TPSA) is 23.0 Å². The molecule has 0 spiro atoms. The van der Waals surface area contributed by atoms with Crippen molar-refractivity contribution in [2.45, 2.75) is 0 Å². The predicted molar refractivity (Wildman–Crippen MR) is 244 cm³/mol. The molecule has 0 atom stereocenters. The zero-order valence-corrected chi connectivity index (χ0v) is 32.1. The van der Waals surface area contributed by atoms with Crippen LogP contribution in [0.5, 0.6) is 0 Å². The van der Waals surface area contributed by atoms with Crippen molar-refractivity contribution < 1.29 is 4.42 Å². The van der Waals surface area contributed by atoms with E-state index in [1.165, 1.54) is 84.9 Å². The van der Waals surface area contributed by atoms with Crippen LogP contribution in [-0.4, -0.2) is 9.13 Å². The number of thiophene rings is 2. The SMILES string of the molecule is c1ccc(-n2c3ccccc3c3sc4c(-c5cccc6c5oc5c(-c7cccc8c7sc7c9ccccc9n(-c9ccccc9)c87)cccc56)cccc4c32)cc1. The highest BCUT2D eigenvalue weighted by Crippen LogP contribution is 2.50. The second-order valence-electron chi connectivity index (χ2n) is 14.8. The standard InChI is InChI=1S/C52H30N2OS2/c1-3-15-31(16-4-1)53-43-29-9-7-19-39(43)51-45(53)41-27-13-25-37(49(41)56-51)35-23-11-21-33-34-22-12-24-36(48(34)55-47(33)35)38-26-14-28-42-46-52(57-50(38)42)40-20-8-10-30-44(40)54(46)32-17-5-2-6-18-32/h1-30H. The van der Waals surface area contributed by atoms with Gasteiger partial charge in [-0.15, -0.1) is 22.7 Å². The maximum Gasteiger partial charge on any atom is 0.143 e. The lowest BCUT2D eigenvalue weighted by Gasteiger charge is -2.09. The Morgan fingerprint density at radius 3 is 1.12 bits per heavy atom. The van der Waals surface area contributed by atoms with Gasteiger partial charge in [0, 0.05) is 75.3 Å². The number of nitrogens with zero attached hydrogens (tertiary/aromatic N) is 2. The molecule has 5 aromatic heterocycles. The molecule has 8 aromatic carbocycles. The number of hydrogen-bond donors (Lipinski definition) is 0. The quantitative estimate of drug-likeness (QED) is 0.175. The van der Waals surface area contributed by atoms with Crippen molar-refractivity contribution in [2.24, 2.45) is 0 Å². The molecule has 5 heterocycles. The van der Waals surface area contributed by atoms with Crippen LogP contribution in [0.3, 0.4) is 0 Å². The van der Waals surface area contributed by atoms with E-state index >= 15 is 0 Å². The molecule has 0 amide bonds. The maximum atomic E-state index is 7.16. The molecule has 0 N–H and O–H groups in total. The number of benzene rings is 8. The zero-order valence-electron chi connectivity index (χ0n) is 30.4. The summed E-state index contributed by atoms with van der Waals surface area (Å²) in [5.74, 6) is 0. The normalized spacial score (nSPS) is 12.2. The van der Waals surface area contributed by atoms with Gasteiger partial charge in [-0.2, -0.15) is 0 Å². The largest absolute Gasteiger partial charge is 0.455 e. The summed E-state index contributed by atoms with van der Waals surface area (Å²) in [6.45, 7) is 0. The molecule has 13 rings (SSSR count). The number of hydrogen-bond acceptors (Lipinski definition) is 3. The molecule has 0 fully saturated rings. The minimum Gasteiger partial charge on any atom is -0.455 e. The van der Waals surface area contributed by atoms with E-state index < -0.39 is 0 Å². The monoisotopic (exact) mass is 762 g/mol. The first-order chi connectivity index (χ1) is 28.3. The molecule has 3 nitrogen and oxygen atoms in total. The van der Waals surface area contributed by atoms with E-state index in [0.717, 1.165) is 33.1 Å². The number of furan rings is 1. The summed E-state index contributed by atoms with van der Waals surface area (Å²) in [7, 11) is 0. The van der Waals surface area contributed by atoms with Gasteiger partial charge in [-0.1, -0.05) is 146 Å². The van der Waals surface area contributed by atoms with E-state index in [0.29, 0.717) is 0 Å². The molecular weight excluding hydrogens is 733 g/mol. The molecule has 0 aliphatic heterocycles. The van der Waals surface area contributed by atoms with E-state index in [4.69, 9.17) is 4.42 Å². The van der Waals surface area contributed by atoms with Crippen molar-refractivity contribution in [1.29, 1.82) is 0 Å². The van der Waals surface area contributed by atoms with Gasteiger partial charge in [0.15, 0.2) is 0 Å². The Morgan fingerprint density at radius 1 is 0.298 bits per heavy atom. The van der Waals surface area contributed by atoms with Crippen molar-refractivity contribution in [1.82, 2.24) is 9.13 Å². The zero-order chi connectivity index (χ0) is 37.2. The molecule has 0 radical (unpaired) electrons. The fourth-order valence-electron chi connectivity index (χ4n) is 9.34. The van der Waals surface area contributed by atoms with E-state index in [1.54, 1.807) is 0 Å². The highest BCUT2D eigenvalue weighted by molar-refractivity contribution is 7.27. The summed E-state index contributed by atoms with van der Waals surface area (Å²) in [4.78, 5) is 0. The van der Waals surface area contributed by atoms with Crippen LogP contribution in [0.1, 0.15) is 0 Å². The third-order valence-electron chi connectivity index (χ3n) is 11.7. The first-order valence-corrected chi connectivity index (χ1v) is 20.9. The molecule has 0 bridgehead atoms. The first-order valence-electron chi connectivity index (χ1n) is 19.3. The minimum absolute atomic E-state index is 0.923. The highest BCUT2D eigenvalue weighted by Gasteiger charge is 2.24. The summed E-state index contributed by atoms with van der Waals surface area (Å²) >= 11 is 3.77. The maximum absolute atomic E-state index is 7.16. The molecule has 13 aromatic rings. The van der Waals surface area contributed by atoms with Crippen LogP contribution in [0, 0.1) is 0 Å². The van der Waals surface area contributed by atoms with Gasteiger partial charge in [0.05, 0.1) is 31.5 Å². The lowest BCUT2D eigenvalue weighted by Crippen LogP contribution is -1.92. The second kappa shape index (κ2) is 11.8. The Kier molecular flexibility index (Phi) is 6.48. The van der Waals surface area contributed by atoms with Gasteiger partial charge in [-0.05, 0) is 36.4 Å². The summed E-state index contributed by atoms with van der Waals surface area (Å²) in [6, 6.07) is 65.8. The highest BCUT2D eigenvalue weighted by atomic mass is 32.1. The van der Waals surface area contributed by atoms with E-state index in [2.05, 4.69) is 191 Å². The van der Waals surface area contributed by atoms with Crippen molar-refractivity contribution in [2.75, 3.05) is 0 Å². The Labute approximate surface area is 334 Å². The van der Waals surface area contributed by atoms with Crippen LogP contribution in [0.25, 0.3) is 118 Å². The Morgan fingerprint density at radius 2 is 0.667 bits per heavy atom. The number of fused-ring (bicyclic) bond motifs is 13. The van der Waals surface area contributed by atoms with Crippen molar-refractivity contribution in [3.8, 4) is 33.6 Å². The molecule has 57 heavy (non-hydrogen) atoms. The lowest BCUT2D eigenvalue weighted by atomic mass is 9.99. The predicted octanol–water partition coefficient (Wildman–Crippen LogP) is 15.5. The fraction of sp³-hybridized carbons (Fsp3) is 0.